The second-order valence-electron chi connectivity index (χ2n) is 6.77. The minimum Gasteiger partial charge on any atom is -0.371 e. The van der Waals surface area contributed by atoms with Crippen LogP contribution in [0, 0.1) is 17.2 Å². The van der Waals surface area contributed by atoms with E-state index in [1.165, 1.54) is 6.20 Å². The van der Waals surface area contributed by atoms with Gasteiger partial charge in [-0.2, -0.15) is 5.26 Å². The summed E-state index contributed by atoms with van der Waals surface area (Å²) in [7, 11) is 0. The van der Waals surface area contributed by atoms with Crippen molar-refractivity contribution in [2.75, 3.05) is 23.3 Å². The highest BCUT2D eigenvalue weighted by Crippen LogP contribution is 2.30. The molecule has 0 bridgehead atoms. The molecular formula is C21H18ClN5O. The Balaban J connectivity index is 1.47. The van der Waals surface area contributed by atoms with Crippen molar-refractivity contribution in [3.05, 3.63) is 59.4 Å². The van der Waals surface area contributed by atoms with E-state index in [0.29, 0.717) is 16.5 Å². The van der Waals surface area contributed by atoms with Gasteiger partial charge in [0, 0.05) is 36.3 Å². The van der Waals surface area contributed by atoms with Crippen molar-refractivity contribution >= 4 is 39.9 Å². The van der Waals surface area contributed by atoms with Crippen LogP contribution >= 0.6 is 11.6 Å². The number of halogens is 1. The van der Waals surface area contributed by atoms with Crippen LogP contribution in [0.4, 0.5) is 11.5 Å². The van der Waals surface area contributed by atoms with Gasteiger partial charge in [-0.25, -0.2) is 9.97 Å². The Morgan fingerprint density at radius 3 is 2.71 bits per heavy atom. The monoisotopic (exact) mass is 391 g/mol. The number of nitriles is 1. The van der Waals surface area contributed by atoms with Crippen LogP contribution in [0.25, 0.3) is 10.9 Å². The van der Waals surface area contributed by atoms with Gasteiger partial charge in [-0.3, -0.25) is 4.79 Å². The quantitative estimate of drug-likeness (QED) is 0.729. The number of para-hydroxylation sites is 1. The Bertz CT molecular complexity index is 1050. The number of amides is 1. The fourth-order valence-electron chi connectivity index (χ4n) is 3.54. The highest BCUT2D eigenvalue weighted by Gasteiger charge is 2.26. The number of anilines is 2. The standard InChI is InChI=1S/C21H18ClN5O/c22-15-5-6-20(24-13-15)26-21(28)14-7-9-27(10-8-14)19-11-16(12-23)25-18-4-2-1-3-17(18)19/h1-6,11,13-14H,7-10H2,(H,24,26,28). The lowest BCUT2D eigenvalue weighted by Gasteiger charge is -2.33. The van der Waals surface area contributed by atoms with Gasteiger partial charge in [-0.05, 0) is 37.1 Å². The van der Waals surface area contributed by atoms with E-state index in [1.54, 1.807) is 12.1 Å². The Labute approximate surface area is 167 Å². The third-order valence-corrected chi connectivity index (χ3v) is 5.22. The van der Waals surface area contributed by atoms with Crippen molar-refractivity contribution in [1.29, 1.82) is 5.26 Å². The van der Waals surface area contributed by atoms with Gasteiger partial charge in [-0.15, -0.1) is 0 Å². The smallest absolute Gasteiger partial charge is 0.228 e. The molecule has 0 saturated carbocycles. The second-order valence-corrected chi connectivity index (χ2v) is 7.20. The van der Waals surface area contributed by atoms with Gasteiger partial charge in [0.2, 0.25) is 5.91 Å². The van der Waals surface area contributed by atoms with Crippen molar-refractivity contribution in [2.45, 2.75) is 12.8 Å². The molecule has 2 aromatic heterocycles. The van der Waals surface area contributed by atoms with Gasteiger partial charge in [0.25, 0.3) is 0 Å². The molecule has 3 aromatic rings. The zero-order valence-corrected chi connectivity index (χ0v) is 15.9. The van der Waals surface area contributed by atoms with Gasteiger partial charge in [0.15, 0.2) is 0 Å². The van der Waals surface area contributed by atoms with Crippen molar-refractivity contribution in [1.82, 2.24) is 9.97 Å². The summed E-state index contributed by atoms with van der Waals surface area (Å²) in [5.74, 6) is 0.416. The number of carbonyl (C=O) groups is 1. The van der Waals surface area contributed by atoms with E-state index in [0.717, 1.165) is 42.5 Å². The zero-order chi connectivity index (χ0) is 19.5. The summed E-state index contributed by atoms with van der Waals surface area (Å²) in [4.78, 5) is 23.3. The topological polar surface area (TPSA) is 81.9 Å². The Hall–Kier alpha value is -3.17. The van der Waals surface area contributed by atoms with Crippen molar-refractivity contribution in [3.63, 3.8) is 0 Å². The number of hydrogen-bond acceptors (Lipinski definition) is 5. The van der Waals surface area contributed by atoms with Crippen LogP contribution in [0.2, 0.25) is 5.02 Å². The number of aromatic nitrogens is 2. The summed E-state index contributed by atoms with van der Waals surface area (Å²) in [6.07, 6.45) is 2.98. The highest BCUT2D eigenvalue weighted by atomic mass is 35.5. The van der Waals surface area contributed by atoms with E-state index < -0.39 is 0 Å². The second kappa shape index (κ2) is 7.83. The maximum Gasteiger partial charge on any atom is 0.228 e. The van der Waals surface area contributed by atoms with Crippen LogP contribution in [-0.4, -0.2) is 29.0 Å². The molecule has 1 aliphatic heterocycles. The Morgan fingerprint density at radius 1 is 1.21 bits per heavy atom. The summed E-state index contributed by atoms with van der Waals surface area (Å²) in [6.45, 7) is 1.48. The number of benzene rings is 1. The van der Waals surface area contributed by atoms with Crippen molar-refractivity contribution < 1.29 is 4.79 Å². The van der Waals surface area contributed by atoms with Gasteiger partial charge in [0.05, 0.1) is 10.5 Å². The van der Waals surface area contributed by atoms with Gasteiger partial charge < -0.3 is 10.2 Å². The molecule has 0 spiro atoms. The van der Waals surface area contributed by atoms with Crippen LogP contribution < -0.4 is 10.2 Å². The molecule has 28 heavy (non-hydrogen) atoms. The number of carbonyl (C=O) groups excluding carboxylic acids is 1. The maximum absolute atomic E-state index is 12.6. The number of fused-ring (bicyclic) bond motifs is 1. The largest absolute Gasteiger partial charge is 0.371 e. The summed E-state index contributed by atoms with van der Waals surface area (Å²) < 4.78 is 0. The van der Waals surface area contributed by atoms with Crippen LogP contribution in [0.15, 0.2) is 48.7 Å². The van der Waals surface area contributed by atoms with Crippen molar-refractivity contribution in [2.24, 2.45) is 5.92 Å². The minimum absolute atomic E-state index is 0.0215. The van der Waals surface area contributed by atoms with Crippen LogP contribution in [0.3, 0.4) is 0 Å². The molecule has 0 atom stereocenters. The fourth-order valence-corrected chi connectivity index (χ4v) is 3.65. The van der Waals surface area contributed by atoms with E-state index in [4.69, 9.17) is 11.6 Å². The molecule has 1 fully saturated rings. The third-order valence-electron chi connectivity index (χ3n) is 4.99. The first-order chi connectivity index (χ1) is 13.6. The highest BCUT2D eigenvalue weighted by molar-refractivity contribution is 6.30. The number of pyridine rings is 2. The van der Waals surface area contributed by atoms with E-state index in [2.05, 4.69) is 26.3 Å². The molecule has 1 N–H and O–H groups in total. The van der Waals surface area contributed by atoms with E-state index in [-0.39, 0.29) is 11.8 Å². The predicted molar refractivity (Wildman–Crippen MR) is 109 cm³/mol. The molecule has 1 amide bonds. The number of hydrogen-bond donors (Lipinski definition) is 1. The third kappa shape index (κ3) is 3.75. The molecule has 3 heterocycles. The number of nitrogens with zero attached hydrogens (tertiary/aromatic N) is 4. The number of rotatable bonds is 3. The number of piperidine rings is 1. The fraction of sp³-hybridized carbons (Fsp3) is 0.238. The molecule has 1 saturated heterocycles. The first kappa shape index (κ1) is 18.2. The molecule has 0 aliphatic carbocycles. The summed E-state index contributed by atoms with van der Waals surface area (Å²) in [6, 6.07) is 15.2. The Morgan fingerprint density at radius 2 is 2.00 bits per heavy atom. The molecular weight excluding hydrogens is 374 g/mol. The van der Waals surface area contributed by atoms with Crippen LogP contribution in [-0.2, 0) is 4.79 Å². The van der Waals surface area contributed by atoms with Gasteiger partial charge >= 0.3 is 0 Å². The first-order valence-electron chi connectivity index (χ1n) is 9.11. The summed E-state index contributed by atoms with van der Waals surface area (Å²) in [5.41, 5.74) is 2.22. The average molecular weight is 392 g/mol. The lowest BCUT2D eigenvalue weighted by Crippen LogP contribution is -2.38. The van der Waals surface area contributed by atoms with Gasteiger partial charge in [0.1, 0.15) is 17.6 Å². The van der Waals surface area contributed by atoms with E-state index in [1.807, 2.05) is 30.3 Å². The minimum atomic E-state index is -0.0720. The predicted octanol–water partition coefficient (Wildman–Crippen LogP) is 4.01. The molecule has 4 rings (SSSR count). The number of nitrogens with one attached hydrogen (secondary N) is 1. The lowest BCUT2D eigenvalue weighted by atomic mass is 9.95. The molecule has 0 unspecified atom stereocenters. The van der Waals surface area contributed by atoms with Crippen molar-refractivity contribution in [3.8, 4) is 6.07 Å². The molecule has 6 nitrogen and oxygen atoms in total. The summed E-state index contributed by atoms with van der Waals surface area (Å²) in [5, 5.41) is 13.7. The molecule has 140 valence electrons. The zero-order valence-electron chi connectivity index (χ0n) is 15.1. The Kier molecular flexibility index (Phi) is 5.09. The molecule has 1 aliphatic rings. The van der Waals surface area contributed by atoms with E-state index in [9.17, 15) is 10.1 Å². The summed E-state index contributed by atoms with van der Waals surface area (Å²) >= 11 is 5.83. The van der Waals surface area contributed by atoms with Crippen LogP contribution in [0.1, 0.15) is 18.5 Å². The van der Waals surface area contributed by atoms with Crippen LogP contribution in [0.5, 0.6) is 0 Å². The van der Waals surface area contributed by atoms with Gasteiger partial charge in [-0.1, -0.05) is 29.8 Å². The van der Waals surface area contributed by atoms with E-state index >= 15 is 0 Å². The maximum atomic E-state index is 12.6. The normalized spacial score (nSPS) is 14.6. The first-order valence-corrected chi connectivity index (χ1v) is 9.49. The molecule has 0 radical (unpaired) electrons. The molecule has 7 heteroatoms. The SMILES string of the molecule is N#Cc1cc(N2CCC(C(=O)Nc3ccc(Cl)cn3)CC2)c2ccccc2n1. The molecule has 1 aromatic carbocycles. The lowest BCUT2D eigenvalue weighted by molar-refractivity contribution is -0.120. The average Bonchev–Trinajstić information content (AvgIpc) is 2.74.